The molecule has 20 heavy (non-hydrogen) atoms. The summed E-state index contributed by atoms with van der Waals surface area (Å²) in [6, 6.07) is 6.19. The molecule has 112 valence electrons. The number of para-hydroxylation sites is 1. The fraction of sp³-hybridized carbons (Fsp3) is 0.500. The van der Waals surface area contributed by atoms with Crippen LogP contribution in [-0.4, -0.2) is 32.7 Å². The number of methoxy groups -OCH3 is 1. The molecule has 1 aromatic carbocycles. The van der Waals surface area contributed by atoms with Crippen LogP contribution in [0.4, 0.5) is 10.1 Å². The van der Waals surface area contributed by atoms with E-state index in [0.717, 1.165) is 13.1 Å². The first-order chi connectivity index (χ1) is 9.18. The van der Waals surface area contributed by atoms with Crippen molar-refractivity contribution < 1.29 is 13.9 Å². The van der Waals surface area contributed by atoms with Crippen molar-refractivity contribution in [3.05, 3.63) is 30.1 Å². The zero-order valence-corrected chi connectivity index (χ0v) is 12.3. The highest BCUT2D eigenvalue weighted by Gasteiger charge is 2.39. The number of carbonyl (C=O) groups is 1. The number of hydrogen-bond donors (Lipinski definition) is 2. The van der Waals surface area contributed by atoms with Crippen molar-refractivity contribution in [3.63, 3.8) is 0 Å². The van der Waals surface area contributed by atoms with Crippen LogP contribution in [0.5, 0.6) is 0 Å². The van der Waals surface area contributed by atoms with Crippen molar-refractivity contribution in [1.29, 1.82) is 0 Å². The van der Waals surface area contributed by atoms with Crippen molar-refractivity contribution in [2.24, 2.45) is 5.41 Å². The summed E-state index contributed by atoms with van der Waals surface area (Å²) in [4.78, 5) is 12.4. The summed E-state index contributed by atoms with van der Waals surface area (Å²) in [6.07, 6.45) is 1.39. The third-order valence-corrected chi connectivity index (χ3v) is 3.59. The molecule has 0 aromatic heterocycles. The van der Waals surface area contributed by atoms with Crippen molar-refractivity contribution in [2.75, 3.05) is 32.1 Å². The molecule has 1 aliphatic rings. The first-order valence-corrected chi connectivity index (χ1v) is 6.44. The molecule has 1 aliphatic heterocycles. The zero-order chi connectivity index (χ0) is 13.7. The van der Waals surface area contributed by atoms with Crippen LogP contribution < -0.4 is 10.6 Å². The molecule has 2 rings (SSSR count). The van der Waals surface area contributed by atoms with Gasteiger partial charge >= 0.3 is 0 Å². The second kappa shape index (κ2) is 7.57. The largest absolute Gasteiger partial charge is 0.384 e. The molecule has 6 heteroatoms. The maximum absolute atomic E-state index is 13.6. The molecule has 1 saturated heterocycles. The van der Waals surface area contributed by atoms with Gasteiger partial charge in [0.25, 0.3) is 0 Å². The van der Waals surface area contributed by atoms with E-state index >= 15 is 0 Å². The molecule has 2 N–H and O–H groups in total. The Morgan fingerprint density at radius 3 is 2.65 bits per heavy atom. The van der Waals surface area contributed by atoms with E-state index in [-0.39, 0.29) is 24.0 Å². The number of rotatable bonds is 4. The number of halogens is 2. The number of hydrogen-bond acceptors (Lipinski definition) is 3. The van der Waals surface area contributed by atoms with E-state index in [0.29, 0.717) is 19.4 Å². The first kappa shape index (κ1) is 16.9. The number of piperidine rings is 1. The quantitative estimate of drug-likeness (QED) is 0.896. The summed E-state index contributed by atoms with van der Waals surface area (Å²) in [5, 5.41) is 5.90. The lowest BCUT2D eigenvalue weighted by molar-refractivity contribution is -0.130. The van der Waals surface area contributed by atoms with Crippen LogP contribution in [0.3, 0.4) is 0 Å². The molecule has 0 spiro atoms. The summed E-state index contributed by atoms with van der Waals surface area (Å²) in [6.45, 7) is 1.90. The minimum atomic E-state index is -0.567. The van der Waals surface area contributed by atoms with Crippen LogP contribution >= 0.6 is 12.4 Å². The summed E-state index contributed by atoms with van der Waals surface area (Å²) in [5.41, 5.74) is -0.344. The third kappa shape index (κ3) is 3.69. The Balaban J connectivity index is 0.00000200. The Hall–Kier alpha value is -1.17. The highest BCUT2D eigenvalue weighted by molar-refractivity contribution is 5.95. The molecule has 1 heterocycles. The van der Waals surface area contributed by atoms with E-state index < -0.39 is 11.2 Å². The number of nitrogens with one attached hydrogen (secondary N) is 2. The van der Waals surface area contributed by atoms with Crippen molar-refractivity contribution in [1.82, 2.24) is 5.32 Å². The van der Waals surface area contributed by atoms with Crippen LogP contribution in [0.25, 0.3) is 0 Å². The van der Waals surface area contributed by atoms with Gasteiger partial charge in [-0.05, 0) is 38.1 Å². The Labute approximate surface area is 124 Å². The number of ether oxygens (including phenoxy) is 1. The van der Waals surface area contributed by atoms with E-state index in [1.807, 2.05) is 0 Å². The molecule has 1 amide bonds. The SMILES string of the molecule is COCC1(C(=O)Nc2ccccc2F)CCNCC1.Cl. The minimum absolute atomic E-state index is 0. The summed E-state index contributed by atoms with van der Waals surface area (Å²) in [7, 11) is 1.58. The second-order valence-corrected chi connectivity index (χ2v) is 4.90. The highest BCUT2D eigenvalue weighted by atomic mass is 35.5. The number of benzene rings is 1. The number of carbonyl (C=O) groups excluding carboxylic acids is 1. The minimum Gasteiger partial charge on any atom is -0.384 e. The average molecular weight is 303 g/mol. The van der Waals surface area contributed by atoms with E-state index in [2.05, 4.69) is 10.6 Å². The van der Waals surface area contributed by atoms with Crippen LogP contribution in [0.1, 0.15) is 12.8 Å². The van der Waals surface area contributed by atoms with E-state index in [1.165, 1.54) is 6.07 Å². The standard InChI is InChI=1S/C14H19FN2O2.ClH/c1-19-10-14(6-8-16-9-7-14)13(18)17-12-5-3-2-4-11(12)15;/h2-5,16H,6-10H2,1H3,(H,17,18);1H. The predicted octanol–water partition coefficient (Wildman–Crippen LogP) is 2.20. The van der Waals surface area contributed by atoms with Gasteiger partial charge in [0, 0.05) is 7.11 Å². The van der Waals surface area contributed by atoms with Gasteiger partial charge in [-0.15, -0.1) is 12.4 Å². The van der Waals surface area contributed by atoms with Gasteiger partial charge in [-0.3, -0.25) is 4.79 Å². The van der Waals surface area contributed by atoms with Crippen molar-refractivity contribution in [3.8, 4) is 0 Å². The highest BCUT2D eigenvalue weighted by Crippen LogP contribution is 2.31. The van der Waals surface area contributed by atoms with Crippen molar-refractivity contribution >= 4 is 24.0 Å². The average Bonchev–Trinajstić information content (AvgIpc) is 2.42. The van der Waals surface area contributed by atoms with Crippen LogP contribution in [0.2, 0.25) is 0 Å². The second-order valence-electron chi connectivity index (χ2n) is 4.90. The normalized spacial score (nSPS) is 17.1. The molecule has 0 aliphatic carbocycles. The van der Waals surface area contributed by atoms with E-state index in [1.54, 1.807) is 25.3 Å². The van der Waals surface area contributed by atoms with Gasteiger partial charge in [0.1, 0.15) is 5.82 Å². The molecular weight excluding hydrogens is 283 g/mol. The van der Waals surface area contributed by atoms with E-state index in [4.69, 9.17) is 4.74 Å². The van der Waals surface area contributed by atoms with Crippen LogP contribution in [-0.2, 0) is 9.53 Å². The fourth-order valence-electron chi connectivity index (χ4n) is 2.44. The third-order valence-electron chi connectivity index (χ3n) is 3.59. The van der Waals surface area contributed by atoms with Gasteiger partial charge in [0.15, 0.2) is 0 Å². The molecule has 0 unspecified atom stereocenters. The molecular formula is C14H20ClFN2O2. The molecule has 0 bridgehead atoms. The topological polar surface area (TPSA) is 50.4 Å². The monoisotopic (exact) mass is 302 g/mol. The Kier molecular flexibility index (Phi) is 6.39. The summed E-state index contributed by atoms with van der Waals surface area (Å²) in [5.74, 6) is -0.585. The Morgan fingerprint density at radius 2 is 2.05 bits per heavy atom. The fourth-order valence-corrected chi connectivity index (χ4v) is 2.44. The van der Waals surface area contributed by atoms with Crippen molar-refractivity contribution in [2.45, 2.75) is 12.8 Å². The molecule has 0 saturated carbocycles. The maximum atomic E-state index is 13.6. The van der Waals surface area contributed by atoms with Gasteiger partial charge in [-0.1, -0.05) is 12.1 Å². The van der Waals surface area contributed by atoms with E-state index in [9.17, 15) is 9.18 Å². The number of anilines is 1. The first-order valence-electron chi connectivity index (χ1n) is 6.44. The number of amides is 1. The lowest BCUT2D eigenvalue weighted by Crippen LogP contribution is -2.47. The molecule has 0 atom stereocenters. The Bertz CT molecular complexity index is 445. The Morgan fingerprint density at radius 1 is 1.40 bits per heavy atom. The van der Waals surface area contributed by atoms with Gasteiger partial charge in [-0.2, -0.15) is 0 Å². The zero-order valence-electron chi connectivity index (χ0n) is 11.4. The maximum Gasteiger partial charge on any atom is 0.233 e. The van der Waals surface area contributed by atoms with Crippen LogP contribution in [0, 0.1) is 11.2 Å². The lowest BCUT2D eigenvalue weighted by atomic mass is 9.78. The van der Waals surface area contributed by atoms with Crippen LogP contribution in [0.15, 0.2) is 24.3 Å². The smallest absolute Gasteiger partial charge is 0.233 e. The molecule has 4 nitrogen and oxygen atoms in total. The van der Waals surface area contributed by atoms with Gasteiger partial charge in [0.2, 0.25) is 5.91 Å². The van der Waals surface area contributed by atoms with Gasteiger partial charge in [-0.25, -0.2) is 4.39 Å². The summed E-state index contributed by atoms with van der Waals surface area (Å²) < 4.78 is 18.8. The summed E-state index contributed by atoms with van der Waals surface area (Å²) >= 11 is 0. The molecule has 0 radical (unpaired) electrons. The lowest BCUT2D eigenvalue weighted by Gasteiger charge is -2.35. The van der Waals surface area contributed by atoms with Gasteiger partial charge in [0.05, 0.1) is 17.7 Å². The predicted molar refractivity (Wildman–Crippen MR) is 78.7 cm³/mol. The molecule has 1 aromatic rings. The molecule has 1 fully saturated rings. The van der Waals surface area contributed by atoms with Gasteiger partial charge < -0.3 is 15.4 Å².